The first-order valence-electron chi connectivity index (χ1n) is 3.58. The van der Waals surface area contributed by atoms with Crippen molar-refractivity contribution < 1.29 is 0 Å². The van der Waals surface area contributed by atoms with Crippen LogP contribution in [0.5, 0.6) is 0 Å². The lowest BCUT2D eigenvalue weighted by molar-refractivity contribution is 1.25. The largest absolute Gasteiger partial charge is 0.0919 e. The number of rotatable bonds is 1. The standard InChI is InChI=1S/C9H6BrN3/c10-9-5-3-8(4-6-9)2-1-7-12-13-11/h3-6H,7H2. The summed E-state index contributed by atoms with van der Waals surface area (Å²) in [6.07, 6.45) is 0. The summed E-state index contributed by atoms with van der Waals surface area (Å²) in [7, 11) is 0. The van der Waals surface area contributed by atoms with Crippen LogP contribution in [0.25, 0.3) is 10.4 Å². The Kier molecular flexibility index (Phi) is 3.90. The van der Waals surface area contributed by atoms with Gasteiger partial charge >= 0.3 is 0 Å². The van der Waals surface area contributed by atoms with Crippen LogP contribution in [0.3, 0.4) is 0 Å². The molecule has 1 rings (SSSR count). The molecule has 0 spiro atoms. The second kappa shape index (κ2) is 5.26. The highest BCUT2D eigenvalue weighted by Gasteiger charge is 1.85. The molecule has 4 heteroatoms. The maximum Gasteiger partial charge on any atom is 0.0880 e. The zero-order valence-electron chi connectivity index (χ0n) is 6.74. The van der Waals surface area contributed by atoms with Crippen molar-refractivity contribution in [1.82, 2.24) is 0 Å². The van der Waals surface area contributed by atoms with Crippen molar-refractivity contribution in [3.05, 3.63) is 44.7 Å². The molecule has 0 aromatic heterocycles. The molecule has 1 aromatic rings. The van der Waals surface area contributed by atoms with Gasteiger partial charge in [0.05, 0.1) is 6.54 Å². The second-order valence-corrected chi connectivity index (χ2v) is 3.11. The third kappa shape index (κ3) is 3.66. The van der Waals surface area contributed by atoms with E-state index < -0.39 is 0 Å². The summed E-state index contributed by atoms with van der Waals surface area (Å²) in [5, 5.41) is 3.30. The van der Waals surface area contributed by atoms with Gasteiger partial charge in [0.15, 0.2) is 0 Å². The summed E-state index contributed by atoms with van der Waals surface area (Å²) < 4.78 is 1.02. The number of benzene rings is 1. The molecular formula is C9H6BrN3. The third-order valence-electron chi connectivity index (χ3n) is 1.29. The fraction of sp³-hybridized carbons (Fsp3) is 0.111. The second-order valence-electron chi connectivity index (χ2n) is 2.20. The average Bonchev–Trinajstić information content (AvgIpc) is 2.15. The predicted octanol–water partition coefficient (Wildman–Crippen LogP) is 3.11. The van der Waals surface area contributed by atoms with Gasteiger partial charge in [0, 0.05) is 14.9 Å². The van der Waals surface area contributed by atoms with E-state index in [2.05, 4.69) is 37.8 Å². The van der Waals surface area contributed by atoms with E-state index in [-0.39, 0.29) is 6.54 Å². The van der Waals surface area contributed by atoms with Crippen molar-refractivity contribution >= 4 is 15.9 Å². The number of azide groups is 1. The van der Waals surface area contributed by atoms with E-state index in [9.17, 15) is 0 Å². The van der Waals surface area contributed by atoms with Crippen LogP contribution >= 0.6 is 15.9 Å². The van der Waals surface area contributed by atoms with Gasteiger partial charge in [0.25, 0.3) is 0 Å². The van der Waals surface area contributed by atoms with Crippen LogP contribution < -0.4 is 0 Å². The summed E-state index contributed by atoms with van der Waals surface area (Å²) in [5.41, 5.74) is 8.90. The van der Waals surface area contributed by atoms with Crippen molar-refractivity contribution in [3.8, 4) is 11.8 Å². The van der Waals surface area contributed by atoms with Crippen LogP contribution in [-0.2, 0) is 0 Å². The lowest BCUT2D eigenvalue weighted by Gasteiger charge is -1.89. The van der Waals surface area contributed by atoms with Crippen LogP contribution in [0.1, 0.15) is 5.56 Å². The molecule has 0 unspecified atom stereocenters. The smallest absolute Gasteiger partial charge is 0.0880 e. The van der Waals surface area contributed by atoms with Gasteiger partial charge in [-0.25, -0.2) is 0 Å². The number of hydrogen-bond donors (Lipinski definition) is 0. The topological polar surface area (TPSA) is 48.8 Å². The minimum atomic E-state index is 0.215. The van der Waals surface area contributed by atoms with E-state index in [1.807, 2.05) is 24.3 Å². The van der Waals surface area contributed by atoms with Gasteiger partial charge in [-0.05, 0) is 29.8 Å². The average molecular weight is 236 g/mol. The van der Waals surface area contributed by atoms with Crippen LogP contribution in [0.15, 0.2) is 33.9 Å². The summed E-state index contributed by atoms with van der Waals surface area (Å²) in [4.78, 5) is 2.60. The Balaban J connectivity index is 2.66. The Morgan fingerprint density at radius 3 is 2.69 bits per heavy atom. The molecule has 0 aliphatic carbocycles. The molecule has 1 aromatic carbocycles. The highest BCUT2D eigenvalue weighted by atomic mass is 79.9. The number of halogens is 1. The van der Waals surface area contributed by atoms with E-state index >= 15 is 0 Å². The van der Waals surface area contributed by atoms with Gasteiger partial charge < -0.3 is 0 Å². The molecular weight excluding hydrogens is 230 g/mol. The first-order valence-corrected chi connectivity index (χ1v) is 4.37. The van der Waals surface area contributed by atoms with Gasteiger partial charge in [-0.15, -0.1) is 0 Å². The Morgan fingerprint density at radius 1 is 1.38 bits per heavy atom. The van der Waals surface area contributed by atoms with Crippen molar-refractivity contribution in [2.24, 2.45) is 5.11 Å². The lowest BCUT2D eigenvalue weighted by atomic mass is 10.2. The molecule has 0 atom stereocenters. The van der Waals surface area contributed by atoms with Crippen molar-refractivity contribution in [3.63, 3.8) is 0 Å². The van der Waals surface area contributed by atoms with E-state index in [1.54, 1.807) is 0 Å². The molecule has 0 N–H and O–H groups in total. The van der Waals surface area contributed by atoms with Gasteiger partial charge in [-0.3, -0.25) is 0 Å². The quantitative estimate of drug-likeness (QED) is 0.311. The zero-order chi connectivity index (χ0) is 9.52. The molecule has 0 heterocycles. The maximum absolute atomic E-state index is 7.98. The van der Waals surface area contributed by atoms with E-state index in [1.165, 1.54) is 0 Å². The summed E-state index contributed by atoms with van der Waals surface area (Å²) in [6.45, 7) is 0.215. The highest BCUT2D eigenvalue weighted by molar-refractivity contribution is 9.10. The summed E-state index contributed by atoms with van der Waals surface area (Å²) in [5.74, 6) is 5.61. The first-order chi connectivity index (χ1) is 6.33. The Bertz CT molecular complexity index is 380. The first kappa shape index (κ1) is 9.66. The van der Waals surface area contributed by atoms with Crippen LogP contribution in [0, 0.1) is 11.8 Å². The lowest BCUT2D eigenvalue weighted by Crippen LogP contribution is -1.74. The van der Waals surface area contributed by atoms with Crippen molar-refractivity contribution in [1.29, 1.82) is 0 Å². The van der Waals surface area contributed by atoms with E-state index in [4.69, 9.17) is 5.53 Å². The van der Waals surface area contributed by atoms with Crippen molar-refractivity contribution in [2.75, 3.05) is 6.54 Å². The Morgan fingerprint density at radius 2 is 2.08 bits per heavy atom. The molecule has 0 saturated heterocycles. The summed E-state index contributed by atoms with van der Waals surface area (Å²) >= 11 is 3.32. The molecule has 3 nitrogen and oxygen atoms in total. The normalized spacial score (nSPS) is 8.08. The fourth-order valence-electron chi connectivity index (χ4n) is 0.742. The molecule has 0 bridgehead atoms. The Hall–Kier alpha value is -1.43. The van der Waals surface area contributed by atoms with Gasteiger partial charge in [0.2, 0.25) is 0 Å². The molecule has 0 fully saturated rings. The monoisotopic (exact) mass is 235 g/mol. The summed E-state index contributed by atoms with van der Waals surface area (Å²) in [6, 6.07) is 7.62. The van der Waals surface area contributed by atoms with Crippen LogP contribution in [0.4, 0.5) is 0 Å². The molecule has 0 radical (unpaired) electrons. The minimum absolute atomic E-state index is 0.215. The third-order valence-corrected chi connectivity index (χ3v) is 1.82. The minimum Gasteiger partial charge on any atom is -0.0919 e. The van der Waals surface area contributed by atoms with Crippen LogP contribution in [-0.4, -0.2) is 6.54 Å². The van der Waals surface area contributed by atoms with Gasteiger partial charge in [-0.2, -0.15) is 0 Å². The van der Waals surface area contributed by atoms with Crippen LogP contribution in [0.2, 0.25) is 0 Å². The maximum atomic E-state index is 7.98. The van der Waals surface area contributed by atoms with E-state index in [0.717, 1.165) is 10.0 Å². The van der Waals surface area contributed by atoms with Gasteiger partial charge in [0.1, 0.15) is 0 Å². The number of hydrogen-bond acceptors (Lipinski definition) is 1. The molecule has 0 aliphatic rings. The highest BCUT2D eigenvalue weighted by Crippen LogP contribution is 2.09. The SMILES string of the molecule is [N-]=[N+]=NCC#Cc1ccc(Br)cc1. The Labute approximate surface area is 84.5 Å². The molecule has 0 amide bonds. The predicted molar refractivity (Wildman–Crippen MR) is 55.0 cm³/mol. The fourth-order valence-corrected chi connectivity index (χ4v) is 1.01. The van der Waals surface area contributed by atoms with Gasteiger partial charge in [-0.1, -0.05) is 32.9 Å². The van der Waals surface area contributed by atoms with Crippen molar-refractivity contribution in [2.45, 2.75) is 0 Å². The number of nitrogens with zero attached hydrogens (tertiary/aromatic N) is 3. The molecule has 13 heavy (non-hydrogen) atoms. The molecule has 0 aliphatic heterocycles. The molecule has 64 valence electrons. The molecule has 0 saturated carbocycles. The zero-order valence-corrected chi connectivity index (χ0v) is 8.32. The van der Waals surface area contributed by atoms with E-state index in [0.29, 0.717) is 0 Å².